The van der Waals surface area contributed by atoms with Crippen molar-refractivity contribution in [3.05, 3.63) is 74.6 Å². The average Bonchev–Trinajstić information content (AvgIpc) is 2.58. The molecule has 4 heteroatoms. The molecule has 130 valence electrons. The normalized spacial score (nSPS) is 11.0. The molecule has 3 rings (SSSR count). The van der Waals surface area contributed by atoms with Crippen LogP contribution in [0, 0.1) is 6.92 Å². The summed E-state index contributed by atoms with van der Waals surface area (Å²) in [5.41, 5.74) is 3.39. The fraction of sp³-hybridized carbons (Fsp3) is 0.286. The van der Waals surface area contributed by atoms with Gasteiger partial charge in [-0.3, -0.25) is 0 Å². The Balaban J connectivity index is 1.91. The molecule has 0 unspecified atom stereocenters. The third-order valence-electron chi connectivity index (χ3n) is 4.16. The van der Waals surface area contributed by atoms with E-state index in [0.717, 1.165) is 35.8 Å². The van der Waals surface area contributed by atoms with Gasteiger partial charge in [-0.15, -0.1) is 0 Å². The maximum atomic E-state index is 11.8. The minimum atomic E-state index is -0.342. The van der Waals surface area contributed by atoms with Crippen molar-refractivity contribution in [3.8, 4) is 5.75 Å². The summed E-state index contributed by atoms with van der Waals surface area (Å²) in [5, 5.41) is 1.40. The molecule has 3 nitrogen and oxygen atoms in total. The van der Waals surface area contributed by atoms with Gasteiger partial charge in [0, 0.05) is 17.5 Å². The number of rotatable bonds is 6. The number of benzene rings is 2. The van der Waals surface area contributed by atoms with Crippen molar-refractivity contribution in [2.75, 3.05) is 0 Å². The molecule has 0 bridgehead atoms. The molecule has 1 heterocycles. The molecule has 3 aromatic rings. The Hall–Kier alpha value is -2.26. The summed E-state index contributed by atoms with van der Waals surface area (Å²) in [6.07, 6.45) is 2.91. The monoisotopic (exact) mass is 356 g/mol. The second-order valence-electron chi connectivity index (χ2n) is 6.25. The summed E-state index contributed by atoms with van der Waals surface area (Å²) in [7, 11) is 0. The lowest BCUT2D eigenvalue weighted by atomic mass is 10.0. The molecule has 0 spiro atoms. The molecule has 0 saturated carbocycles. The smallest absolute Gasteiger partial charge is 0.336 e. The molecule has 0 saturated heterocycles. The first-order chi connectivity index (χ1) is 12.1. The SMILES string of the molecule is CCCCc1cc(=O)oc2cc(OCc3cccc(C)c3)c(Cl)cc12. The van der Waals surface area contributed by atoms with Crippen molar-refractivity contribution >= 4 is 22.6 Å². The number of unbranched alkanes of at least 4 members (excludes halogenated alkanes) is 1. The molecule has 0 atom stereocenters. The number of hydrogen-bond donors (Lipinski definition) is 0. The topological polar surface area (TPSA) is 39.4 Å². The largest absolute Gasteiger partial charge is 0.487 e. The molecule has 0 aliphatic heterocycles. The number of aryl methyl sites for hydroxylation is 2. The zero-order valence-electron chi connectivity index (χ0n) is 14.5. The highest BCUT2D eigenvalue weighted by atomic mass is 35.5. The van der Waals surface area contributed by atoms with Crippen molar-refractivity contribution in [1.29, 1.82) is 0 Å². The Morgan fingerprint density at radius 1 is 1.16 bits per heavy atom. The highest BCUT2D eigenvalue weighted by Gasteiger charge is 2.11. The van der Waals surface area contributed by atoms with Crippen LogP contribution in [0.4, 0.5) is 0 Å². The first kappa shape index (κ1) is 17.6. The predicted octanol–water partition coefficient (Wildman–Crippen LogP) is 5.68. The Kier molecular flexibility index (Phi) is 5.44. The van der Waals surface area contributed by atoms with E-state index in [4.69, 9.17) is 20.8 Å². The fourth-order valence-electron chi connectivity index (χ4n) is 2.88. The van der Waals surface area contributed by atoms with Gasteiger partial charge in [0.2, 0.25) is 0 Å². The van der Waals surface area contributed by atoms with Gasteiger partial charge in [0.1, 0.15) is 17.9 Å². The quantitative estimate of drug-likeness (QED) is 0.533. The van der Waals surface area contributed by atoms with Crippen LogP contribution in [0.15, 0.2) is 51.7 Å². The van der Waals surface area contributed by atoms with Crippen LogP contribution in [-0.4, -0.2) is 0 Å². The highest BCUT2D eigenvalue weighted by Crippen LogP contribution is 2.32. The van der Waals surface area contributed by atoms with Crippen LogP contribution in [0.3, 0.4) is 0 Å². The standard InChI is InChI=1S/C21H21ClO3/c1-3-4-8-16-10-21(23)25-19-12-20(18(22)11-17(16)19)24-13-15-7-5-6-14(2)9-15/h5-7,9-12H,3-4,8,13H2,1-2H3. The second kappa shape index (κ2) is 7.75. The van der Waals surface area contributed by atoms with Gasteiger partial charge in [0.25, 0.3) is 0 Å². The van der Waals surface area contributed by atoms with E-state index in [2.05, 4.69) is 13.0 Å². The van der Waals surface area contributed by atoms with Crippen LogP contribution in [0.1, 0.15) is 36.5 Å². The van der Waals surface area contributed by atoms with E-state index < -0.39 is 0 Å². The summed E-state index contributed by atoms with van der Waals surface area (Å²) in [5.74, 6) is 0.520. The number of halogens is 1. The van der Waals surface area contributed by atoms with Crippen molar-refractivity contribution in [2.45, 2.75) is 39.7 Å². The maximum absolute atomic E-state index is 11.8. The van der Waals surface area contributed by atoms with E-state index in [-0.39, 0.29) is 5.63 Å². The zero-order chi connectivity index (χ0) is 17.8. The highest BCUT2D eigenvalue weighted by molar-refractivity contribution is 6.32. The first-order valence-corrected chi connectivity index (χ1v) is 8.89. The van der Waals surface area contributed by atoms with Crippen molar-refractivity contribution in [1.82, 2.24) is 0 Å². The first-order valence-electron chi connectivity index (χ1n) is 8.51. The summed E-state index contributed by atoms with van der Waals surface area (Å²) in [4.78, 5) is 11.8. The summed E-state index contributed by atoms with van der Waals surface area (Å²) in [6, 6.07) is 13.2. The van der Waals surface area contributed by atoms with Crippen molar-refractivity contribution in [2.24, 2.45) is 0 Å². The average molecular weight is 357 g/mol. The molecule has 0 aliphatic rings. The van der Waals surface area contributed by atoms with E-state index in [1.165, 1.54) is 5.56 Å². The Morgan fingerprint density at radius 3 is 2.76 bits per heavy atom. The summed E-state index contributed by atoms with van der Waals surface area (Å²) >= 11 is 6.40. The Bertz CT molecular complexity index is 944. The van der Waals surface area contributed by atoms with E-state index >= 15 is 0 Å². The van der Waals surface area contributed by atoms with Crippen LogP contribution in [-0.2, 0) is 13.0 Å². The van der Waals surface area contributed by atoms with E-state index in [9.17, 15) is 4.79 Å². The molecule has 1 aromatic heterocycles. The molecule has 0 fully saturated rings. The van der Waals surface area contributed by atoms with E-state index in [0.29, 0.717) is 23.0 Å². The molecule has 0 N–H and O–H groups in total. The molecule has 0 aliphatic carbocycles. The van der Waals surface area contributed by atoms with Gasteiger partial charge in [-0.25, -0.2) is 4.79 Å². The van der Waals surface area contributed by atoms with Crippen LogP contribution < -0.4 is 10.4 Å². The van der Waals surface area contributed by atoms with Crippen molar-refractivity contribution in [3.63, 3.8) is 0 Å². The summed E-state index contributed by atoms with van der Waals surface area (Å²) < 4.78 is 11.2. The molecular formula is C21H21ClO3. The molecule has 2 aromatic carbocycles. The lowest BCUT2D eigenvalue weighted by molar-refractivity contribution is 0.306. The van der Waals surface area contributed by atoms with Crippen LogP contribution >= 0.6 is 11.6 Å². The summed E-state index contributed by atoms with van der Waals surface area (Å²) in [6.45, 7) is 4.57. The van der Waals surface area contributed by atoms with Crippen LogP contribution in [0.5, 0.6) is 5.75 Å². The van der Waals surface area contributed by atoms with E-state index in [1.54, 1.807) is 12.1 Å². The van der Waals surface area contributed by atoms with Crippen LogP contribution in [0.2, 0.25) is 5.02 Å². The second-order valence-corrected chi connectivity index (χ2v) is 6.66. The zero-order valence-corrected chi connectivity index (χ0v) is 15.2. The molecule has 0 amide bonds. The lowest BCUT2D eigenvalue weighted by Crippen LogP contribution is -2.02. The van der Waals surface area contributed by atoms with Crippen molar-refractivity contribution < 1.29 is 9.15 Å². The van der Waals surface area contributed by atoms with Gasteiger partial charge >= 0.3 is 5.63 Å². The molecular weight excluding hydrogens is 336 g/mol. The lowest BCUT2D eigenvalue weighted by Gasteiger charge is -2.11. The van der Waals surface area contributed by atoms with Gasteiger partial charge in [-0.1, -0.05) is 54.8 Å². The van der Waals surface area contributed by atoms with Gasteiger partial charge < -0.3 is 9.15 Å². The number of fused-ring (bicyclic) bond motifs is 1. The maximum Gasteiger partial charge on any atom is 0.336 e. The molecule has 25 heavy (non-hydrogen) atoms. The minimum Gasteiger partial charge on any atom is -0.487 e. The number of hydrogen-bond acceptors (Lipinski definition) is 3. The fourth-order valence-corrected chi connectivity index (χ4v) is 3.09. The Morgan fingerprint density at radius 2 is 2.00 bits per heavy atom. The minimum absolute atomic E-state index is 0.342. The van der Waals surface area contributed by atoms with E-state index in [1.807, 2.05) is 31.2 Å². The third kappa shape index (κ3) is 4.23. The van der Waals surface area contributed by atoms with Gasteiger partial charge in [0.05, 0.1) is 5.02 Å². The Labute approximate surface area is 152 Å². The predicted molar refractivity (Wildman–Crippen MR) is 102 cm³/mol. The van der Waals surface area contributed by atoms with Gasteiger partial charge in [0.15, 0.2) is 0 Å². The van der Waals surface area contributed by atoms with Crippen LogP contribution in [0.25, 0.3) is 11.0 Å². The number of ether oxygens (including phenoxy) is 1. The van der Waals surface area contributed by atoms with Gasteiger partial charge in [-0.2, -0.15) is 0 Å². The third-order valence-corrected chi connectivity index (χ3v) is 4.45. The molecule has 0 radical (unpaired) electrons. The van der Waals surface area contributed by atoms with Gasteiger partial charge in [-0.05, 0) is 37.0 Å².